The fourth-order valence-electron chi connectivity index (χ4n) is 4.91. The summed E-state index contributed by atoms with van der Waals surface area (Å²) in [6.07, 6.45) is 6.98. The van der Waals surface area contributed by atoms with Crippen LogP contribution in [0.1, 0.15) is 18.4 Å². The summed E-state index contributed by atoms with van der Waals surface area (Å²) in [7, 11) is -2.81. The number of hydrogen-bond acceptors (Lipinski definition) is 1. The van der Waals surface area contributed by atoms with E-state index in [2.05, 4.69) is 81.3 Å². The van der Waals surface area contributed by atoms with E-state index in [4.69, 9.17) is 4.43 Å². The fourth-order valence-corrected chi connectivity index (χ4v) is 9.37. The van der Waals surface area contributed by atoms with Crippen molar-refractivity contribution in [1.82, 2.24) is 0 Å². The van der Waals surface area contributed by atoms with Gasteiger partial charge in [0.2, 0.25) is 0 Å². The predicted molar refractivity (Wildman–Crippen MR) is 128 cm³/mol. The summed E-state index contributed by atoms with van der Waals surface area (Å²) < 4.78 is 6.07. The largest absolute Gasteiger partial charge is 3.00 e. The number of halogens is 2. The molecular formula is C25H29Cl2OSi2Zr. The second-order valence-corrected chi connectivity index (χ2v) is 18.6. The van der Waals surface area contributed by atoms with Crippen molar-refractivity contribution in [1.29, 1.82) is 0 Å². The molecular weight excluding hydrogens is 535 g/mol. The molecule has 2 aliphatic rings. The van der Waals surface area contributed by atoms with Gasteiger partial charge < -0.3 is 29.2 Å². The van der Waals surface area contributed by atoms with Gasteiger partial charge in [-0.1, -0.05) is 54.7 Å². The summed E-state index contributed by atoms with van der Waals surface area (Å²) >= 11 is 0. The molecule has 0 bridgehead atoms. The van der Waals surface area contributed by atoms with Gasteiger partial charge in [-0.2, -0.15) is 0 Å². The average molecular weight is 564 g/mol. The fraction of sp³-hybridized carbons (Fsp3) is 0.320. The molecule has 0 aromatic heterocycles. The van der Waals surface area contributed by atoms with Crippen molar-refractivity contribution >= 4 is 53.9 Å². The Bertz CT molecular complexity index is 1190. The summed E-state index contributed by atoms with van der Waals surface area (Å²) in [6.45, 7) is 12.7. The number of rotatable bonds is 5. The molecule has 0 saturated heterocycles. The van der Waals surface area contributed by atoms with E-state index in [1.54, 1.807) is 10.4 Å². The van der Waals surface area contributed by atoms with Crippen molar-refractivity contribution < 1.29 is 55.4 Å². The third kappa shape index (κ3) is 4.81. The molecule has 0 amide bonds. The Morgan fingerprint density at radius 2 is 1.74 bits per heavy atom. The molecule has 3 aromatic rings. The van der Waals surface area contributed by atoms with Crippen molar-refractivity contribution in [2.24, 2.45) is 0 Å². The smallest absolute Gasteiger partial charge is 1.00 e. The maximum Gasteiger partial charge on any atom is 3.00 e. The Morgan fingerprint density at radius 1 is 1.03 bits per heavy atom. The summed E-state index contributed by atoms with van der Waals surface area (Å²) in [5, 5.41) is 9.18. The Kier molecular flexibility index (Phi) is 8.23. The zero-order chi connectivity index (χ0) is 19.7. The van der Waals surface area contributed by atoms with Gasteiger partial charge in [-0.05, 0) is 49.2 Å². The Labute approximate surface area is 219 Å². The van der Waals surface area contributed by atoms with Crippen molar-refractivity contribution in [2.45, 2.75) is 45.6 Å². The van der Waals surface area contributed by atoms with Gasteiger partial charge in [0.15, 0.2) is 8.32 Å². The van der Waals surface area contributed by atoms with Crippen LogP contribution < -0.4 is 35.2 Å². The zero-order valence-electron chi connectivity index (χ0n) is 18.9. The minimum Gasteiger partial charge on any atom is -1.00 e. The number of allylic oxidation sites excluding steroid dienone is 3. The SMILES string of the molecule is C[Si](C)(C)OCCC1=CCC(c2cc3c([cH-]c4ccccc43)c3c2[Si]3(C)C)=C1.[Cl-].[Cl-].[Zr+3]. The van der Waals surface area contributed by atoms with E-state index in [1.807, 2.05) is 0 Å². The van der Waals surface area contributed by atoms with Crippen molar-refractivity contribution in [3.05, 3.63) is 59.7 Å². The molecule has 161 valence electrons. The molecule has 1 aliphatic heterocycles. The van der Waals surface area contributed by atoms with Crippen LogP contribution in [0.2, 0.25) is 32.7 Å². The van der Waals surface area contributed by atoms with Crippen LogP contribution in [0.5, 0.6) is 0 Å². The number of benzene rings is 2. The number of hydrogen-bond donors (Lipinski definition) is 0. The molecule has 0 saturated carbocycles. The van der Waals surface area contributed by atoms with E-state index in [0.29, 0.717) is 0 Å². The molecule has 6 heteroatoms. The normalized spacial score (nSPS) is 16.0. The van der Waals surface area contributed by atoms with Crippen LogP contribution in [-0.2, 0) is 30.6 Å². The molecule has 0 fully saturated rings. The maximum absolute atomic E-state index is 6.07. The van der Waals surface area contributed by atoms with Crippen molar-refractivity contribution in [3.8, 4) is 0 Å². The predicted octanol–water partition coefficient (Wildman–Crippen LogP) is -0.191. The molecule has 0 atom stereocenters. The maximum atomic E-state index is 6.07. The molecule has 1 heterocycles. The molecule has 1 radical (unpaired) electrons. The van der Waals surface area contributed by atoms with E-state index in [9.17, 15) is 0 Å². The third-order valence-corrected chi connectivity index (χ3v) is 10.7. The van der Waals surface area contributed by atoms with Crippen LogP contribution in [-0.4, -0.2) is 23.0 Å². The summed E-state index contributed by atoms with van der Waals surface area (Å²) in [5.74, 6) is 0. The van der Waals surface area contributed by atoms with Crippen LogP contribution in [0.25, 0.3) is 27.1 Å². The van der Waals surface area contributed by atoms with Crippen molar-refractivity contribution in [2.75, 3.05) is 6.61 Å². The van der Waals surface area contributed by atoms with Gasteiger partial charge >= 0.3 is 26.2 Å². The van der Waals surface area contributed by atoms with Gasteiger partial charge in [0.25, 0.3) is 0 Å². The average Bonchev–Trinajstić information content (AvgIpc) is 2.98. The molecule has 3 aromatic carbocycles. The first kappa shape index (κ1) is 26.9. The first-order valence-electron chi connectivity index (χ1n) is 10.5. The second-order valence-electron chi connectivity index (χ2n) is 9.86. The quantitative estimate of drug-likeness (QED) is 0.309. The third-order valence-electron chi connectivity index (χ3n) is 6.32. The van der Waals surface area contributed by atoms with Gasteiger partial charge in [0, 0.05) is 6.61 Å². The summed E-state index contributed by atoms with van der Waals surface area (Å²) in [6, 6.07) is 13.8. The van der Waals surface area contributed by atoms with Crippen LogP contribution in [0.15, 0.2) is 54.1 Å². The second kappa shape index (κ2) is 9.48. The van der Waals surface area contributed by atoms with Crippen LogP contribution in [0, 0.1) is 0 Å². The number of fused-ring (bicyclic) bond motifs is 5. The van der Waals surface area contributed by atoms with Crippen LogP contribution in [0.4, 0.5) is 0 Å². The molecule has 0 unspecified atom stereocenters. The van der Waals surface area contributed by atoms with Gasteiger partial charge in [-0.25, -0.2) is 0 Å². The molecule has 0 spiro atoms. The molecule has 5 rings (SSSR count). The monoisotopic (exact) mass is 561 g/mol. The van der Waals surface area contributed by atoms with E-state index in [-0.39, 0.29) is 51.0 Å². The van der Waals surface area contributed by atoms with Crippen molar-refractivity contribution in [3.63, 3.8) is 0 Å². The standard InChI is InChI=1S/C25H29OSi2.2ClH.Zr/c1-27(2,3)26-13-12-17-10-11-19(14-17)21-16-22-20-9-7-6-8-18(20)15-23(22)25-24(21)28(25,4)5;;;/h6-10,14-16H,11-13H2,1-5H3;2*1H;/q-1;;;+3/p-2. The van der Waals surface area contributed by atoms with E-state index in [1.165, 1.54) is 38.3 Å². The van der Waals surface area contributed by atoms with Gasteiger partial charge in [-0.3, -0.25) is 0 Å². The van der Waals surface area contributed by atoms with Crippen LogP contribution >= 0.6 is 0 Å². The Morgan fingerprint density at radius 3 is 2.45 bits per heavy atom. The molecule has 1 nitrogen and oxygen atoms in total. The summed E-state index contributed by atoms with van der Waals surface area (Å²) in [4.78, 5) is 0. The molecule has 31 heavy (non-hydrogen) atoms. The van der Waals surface area contributed by atoms with Crippen LogP contribution in [0.3, 0.4) is 0 Å². The van der Waals surface area contributed by atoms with Gasteiger partial charge in [-0.15, -0.1) is 38.9 Å². The first-order valence-corrected chi connectivity index (χ1v) is 16.9. The van der Waals surface area contributed by atoms with Gasteiger partial charge in [0.05, 0.1) is 8.07 Å². The summed E-state index contributed by atoms with van der Waals surface area (Å²) in [5.41, 5.74) is 4.51. The van der Waals surface area contributed by atoms with E-state index in [0.717, 1.165) is 19.4 Å². The molecule has 1 aliphatic carbocycles. The minimum atomic E-state index is -1.42. The van der Waals surface area contributed by atoms with E-state index >= 15 is 0 Å². The first-order chi connectivity index (χ1) is 13.3. The topological polar surface area (TPSA) is 9.23 Å². The molecule has 0 N–H and O–H groups in total. The minimum absolute atomic E-state index is 0. The Hall–Kier alpha value is -0.353. The Balaban J connectivity index is 0.00000114. The van der Waals surface area contributed by atoms with E-state index < -0.39 is 16.4 Å². The zero-order valence-corrected chi connectivity index (χ0v) is 24.9. The van der Waals surface area contributed by atoms with Gasteiger partial charge in [0.1, 0.15) is 0 Å².